The number of fused-ring (bicyclic) bond motifs is 2. The molecule has 2 aromatic carbocycles. The zero-order chi connectivity index (χ0) is 16.5. The SMILES string of the molecule is O=C(CN1CCc2ccccc2C1)Nc1nc2ccc(F)cc2s1. The third-order valence-electron chi connectivity index (χ3n) is 4.17. The number of anilines is 1. The third kappa shape index (κ3) is 3.16. The van der Waals surface area contributed by atoms with Crippen LogP contribution in [-0.2, 0) is 17.8 Å². The molecule has 1 aliphatic rings. The predicted octanol–water partition coefficient (Wildman–Crippen LogP) is 3.43. The van der Waals surface area contributed by atoms with Crippen LogP contribution < -0.4 is 5.32 Å². The Hall–Kier alpha value is -2.31. The van der Waals surface area contributed by atoms with Gasteiger partial charge in [-0.2, -0.15) is 0 Å². The Morgan fingerprint density at radius 3 is 2.96 bits per heavy atom. The molecule has 24 heavy (non-hydrogen) atoms. The van der Waals surface area contributed by atoms with Crippen molar-refractivity contribution in [2.75, 3.05) is 18.4 Å². The van der Waals surface area contributed by atoms with Crippen molar-refractivity contribution in [2.45, 2.75) is 13.0 Å². The molecule has 0 spiro atoms. The molecule has 2 heterocycles. The smallest absolute Gasteiger partial charge is 0.240 e. The van der Waals surface area contributed by atoms with Crippen LogP contribution in [0.5, 0.6) is 0 Å². The normalized spacial score (nSPS) is 14.5. The maximum atomic E-state index is 13.2. The van der Waals surface area contributed by atoms with Crippen molar-refractivity contribution in [3.63, 3.8) is 0 Å². The van der Waals surface area contributed by atoms with Crippen molar-refractivity contribution in [3.05, 3.63) is 59.4 Å². The van der Waals surface area contributed by atoms with Crippen LogP contribution in [0, 0.1) is 5.82 Å². The van der Waals surface area contributed by atoms with Gasteiger partial charge >= 0.3 is 0 Å². The topological polar surface area (TPSA) is 45.2 Å². The number of amides is 1. The summed E-state index contributed by atoms with van der Waals surface area (Å²) in [6.45, 7) is 1.99. The number of rotatable bonds is 3. The number of nitrogens with one attached hydrogen (secondary N) is 1. The van der Waals surface area contributed by atoms with Gasteiger partial charge in [0.2, 0.25) is 5.91 Å². The number of hydrogen-bond donors (Lipinski definition) is 1. The van der Waals surface area contributed by atoms with Crippen LogP contribution >= 0.6 is 11.3 Å². The average Bonchev–Trinajstić information content (AvgIpc) is 2.95. The van der Waals surface area contributed by atoms with Gasteiger partial charge in [0.05, 0.1) is 16.8 Å². The highest BCUT2D eigenvalue weighted by molar-refractivity contribution is 7.22. The molecule has 1 N–H and O–H groups in total. The summed E-state index contributed by atoms with van der Waals surface area (Å²) < 4.78 is 14.0. The summed E-state index contributed by atoms with van der Waals surface area (Å²) in [4.78, 5) is 18.7. The summed E-state index contributed by atoms with van der Waals surface area (Å²) in [7, 11) is 0. The summed E-state index contributed by atoms with van der Waals surface area (Å²) >= 11 is 1.29. The van der Waals surface area contributed by atoms with Crippen LogP contribution in [0.2, 0.25) is 0 Å². The summed E-state index contributed by atoms with van der Waals surface area (Å²) in [6.07, 6.45) is 0.962. The van der Waals surface area contributed by atoms with E-state index in [1.165, 1.54) is 34.6 Å². The van der Waals surface area contributed by atoms with E-state index in [2.05, 4.69) is 33.4 Å². The largest absolute Gasteiger partial charge is 0.301 e. The summed E-state index contributed by atoms with van der Waals surface area (Å²) in [5.41, 5.74) is 3.35. The average molecular weight is 341 g/mol. The van der Waals surface area contributed by atoms with E-state index in [4.69, 9.17) is 0 Å². The number of halogens is 1. The first-order valence-electron chi connectivity index (χ1n) is 7.82. The highest BCUT2D eigenvalue weighted by Crippen LogP contribution is 2.26. The maximum absolute atomic E-state index is 13.2. The van der Waals surface area contributed by atoms with E-state index >= 15 is 0 Å². The Morgan fingerprint density at radius 2 is 2.08 bits per heavy atom. The number of thiazole rings is 1. The summed E-state index contributed by atoms with van der Waals surface area (Å²) in [6, 6.07) is 12.8. The summed E-state index contributed by atoms with van der Waals surface area (Å²) in [5, 5.41) is 3.34. The lowest BCUT2D eigenvalue weighted by Crippen LogP contribution is -2.37. The zero-order valence-corrected chi connectivity index (χ0v) is 13.8. The van der Waals surface area contributed by atoms with E-state index in [0.717, 1.165) is 24.2 Å². The minimum atomic E-state index is -0.295. The van der Waals surface area contributed by atoms with Crippen LogP contribution in [0.3, 0.4) is 0 Å². The number of hydrogen-bond acceptors (Lipinski definition) is 4. The molecule has 122 valence electrons. The Labute approximate surface area is 142 Å². The molecular weight excluding hydrogens is 325 g/mol. The van der Waals surface area contributed by atoms with E-state index in [9.17, 15) is 9.18 Å². The highest BCUT2D eigenvalue weighted by atomic mass is 32.1. The monoisotopic (exact) mass is 341 g/mol. The van der Waals surface area contributed by atoms with E-state index in [1.54, 1.807) is 6.07 Å². The van der Waals surface area contributed by atoms with Gasteiger partial charge in [0.1, 0.15) is 5.82 Å². The van der Waals surface area contributed by atoms with Gasteiger partial charge in [0.25, 0.3) is 0 Å². The first kappa shape index (κ1) is 15.2. The first-order valence-corrected chi connectivity index (χ1v) is 8.64. The highest BCUT2D eigenvalue weighted by Gasteiger charge is 2.18. The van der Waals surface area contributed by atoms with Crippen LogP contribution in [-0.4, -0.2) is 28.9 Å². The molecule has 1 aliphatic heterocycles. The van der Waals surface area contributed by atoms with Crippen molar-refractivity contribution in [3.8, 4) is 0 Å². The van der Waals surface area contributed by atoms with E-state index in [-0.39, 0.29) is 11.7 Å². The van der Waals surface area contributed by atoms with Gasteiger partial charge in [-0.25, -0.2) is 9.37 Å². The molecule has 3 aromatic rings. The van der Waals surface area contributed by atoms with E-state index in [1.807, 2.05) is 6.07 Å². The van der Waals surface area contributed by atoms with Crippen molar-refractivity contribution in [1.82, 2.24) is 9.88 Å². The van der Waals surface area contributed by atoms with Gasteiger partial charge in [-0.3, -0.25) is 9.69 Å². The molecule has 0 unspecified atom stereocenters. The van der Waals surface area contributed by atoms with Crippen molar-refractivity contribution in [1.29, 1.82) is 0 Å². The molecule has 1 amide bonds. The molecule has 6 heteroatoms. The van der Waals surface area contributed by atoms with Crippen LogP contribution in [0.15, 0.2) is 42.5 Å². The van der Waals surface area contributed by atoms with Gasteiger partial charge in [0.15, 0.2) is 5.13 Å². The molecule has 4 nitrogen and oxygen atoms in total. The van der Waals surface area contributed by atoms with Crippen LogP contribution in [0.25, 0.3) is 10.2 Å². The lowest BCUT2D eigenvalue weighted by atomic mass is 10.00. The molecule has 4 rings (SSSR count). The second-order valence-corrected chi connectivity index (χ2v) is 6.94. The van der Waals surface area contributed by atoms with Crippen LogP contribution in [0.1, 0.15) is 11.1 Å². The van der Waals surface area contributed by atoms with Gasteiger partial charge in [-0.05, 0) is 35.7 Å². The molecule has 0 saturated carbocycles. The molecule has 0 aliphatic carbocycles. The quantitative estimate of drug-likeness (QED) is 0.794. The molecule has 0 radical (unpaired) electrons. The number of carbonyl (C=O) groups excluding carboxylic acids is 1. The molecular formula is C18H16FN3OS. The third-order valence-corrected chi connectivity index (χ3v) is 5.11. The Balaban J connectivity index is 1.41. The maximum Gasteiger partial charge on any atom is 0.240 e. The second-order valence-electron chi connectivity index (χ2n) is 5.91. The molecule has 0 bridgehead atoms. The number of aromatic nitrogens is 1. The lowest BCUT2D eigenvalue weighted by molar-refractivity contribution is -0.117. The fraction of sp³-hybridized carbons (Fsp3) is 0.222. The number of carbonyl (C=O) groups is 1. The van der Waals surface area contributed by atoms with Crippen molar-refractivity contribution in [2.24, 2.45) is 0 Å². The molecule has 0 atom stereocenters. The lowest BCUT2D eigenvalue weighted by Gasteiger charge is -2.27. The molecule has 0 fully saturated rings. The van der Waals surface area contributed by atoms with Gasteiger partial charge in [-0.15, -0.1) is 0 Å². The Morgan fingerprint density at radius 1 is 1.25 bits per heavy atom. The Kier molecular flexibility index (Phi) is 4.00. The van der Waals surface area contributed by atoms with Crippen LogP contribution in [0.4, 0.5) is 9.52 Å². The van der Waals surface area contributed by atoms with Crippen molar-refractivity contribution >= 4 is 32.6 Å². The predicted molar refractivity (Wildman–Crippen MR) is 93.6 cm³/mol. The fourth-order valence-corrected chi connectivity index (χ4v) is 3.91. The fourth-order valence-electron chi connectivity index (χ4n) is 3.00. The minimum absolute atomic E-state index is 0.0890. The van der Waals surface area contributed by atoms with E-state index < -0.39 is 0 Å². The number of benzene rings is 2. The molecule has 1 aromatic heterocycles. The van der Waals surface area contributed by atoms with E-state index in [0.29, 0.717) is 17.2 Å². The minimum Gasteiger partial charge on any atom is -0.301 e. The van der Waals surface area contributed by atoms with Crippen molar-refractivity contribution < 1.29 is 9.18 Å². The molecule has 0 saturated heterocycles. The zero-order valence-electron chi connectivity index (χ0n) is 13.0. The standard InChI is InChI=1S/C18H16FN3OS/c19-14-5-6-15-16(9-14)24-18(20-15)21-17(23)11-22-8-7-12-3-1-2-4-13(12)10-22/h1-6,9H,7-8,10-11H2,(H,20,21,23). The summed E-state index contributed by atoms with van der Waals surface area (Å²) in [5.74, 6) is -0.384. The number of nitrogens with zero attached hydrogens (tertiary/aromatic N) is 2. The van der Waals surface area contributed by atoms with Gasteiger partial charge in [-0.1, -0.05) is 35.6 Å². The second kappa shape index (κ2) is 6.30. The Bertz CT molecular complexity index is 908. The van der Waals surface area contributed by atoms with Gasteiger partial charge in [0, 0.05) is 13.1 Å². The first-order chi connectivity index (χ1) is 11.7. The van der Waals surface area contributed by atoms with Gasteiger partial charge < -0.3 is 5.32 Å².